The van der Waals surface area contributed by atoms with E-state index in [4.69, 9.17) is 16.3 Å². The monoisotopic (exact) mass is 418 g/mol. The molecular formula is C21H25ClN3O4+. The maximum atomic E-state index is 12.6. The first-order valence-electron chi connectivity index (χ1n) is 9.76. The van der Waals surface area contributed by atoms with E-state index in [0.717, 1.165) is 37.5 Å². The summed E-state index contributed by atoms with van der Waals surface area (Å²) in [6.07, 6.45) is 1.74. The van der Waals surface area contributed by atoms with Crippen molar-refractivity contribution in [2.75, 3.05) is 19.7 Å². The first-order chi connectivity index (χ1) is 14.0. The molecule has 1 fully saturated rings. The molecule has 1 heterocycles. The van der Waals surface area contributed by atoms with Crippen LogP contribution in [0.25, 0.3) is 0 Å². The number of amides is 1. The van der Waals surface area contributed by atoms with Crippen LogP contribution >= 0.6 is 11.6 Å². The van der Waals surface area contributed by atoms with E-state index in [-0.39, 0.29) is 28.9 Å². The van der Waals surface area contributed by atoms with Crippen molar-refractivity contribution in [2.45, 2.75) is 32.4 Å². The minimum atomic E-state index is -0.527. The number of piperidine rings is 1. The second kappa shape index (κ2) is 9.71. The predicted molar refractivity (Wildman–Crippen MR) is 111 cm³/mol. The van der Waals surface area contributed by atoms with Crippen LogP contribution in [0.2, 0.25) is 5.02 Å². The fourth-order valence-electron chi connectivity index (χ4n) is 3.59. The molecule has 29 heavy (non-hydrogen) atoms. The largest absolute Gasteiger partial charge is 0.487 e. The van der Waals surface area contributed by atoms with Gasteiger partial charge in [0.25, 0.3) is 5.91 Å². The van der Waals surface area contributed by atoms with E-state index in [0.29, 0.717) is 6.61 Å². The molecule has 1 saturated heterocycles. The first kappa shape index (κ1) is 21.1. The van der Waals surface area contributed by atoms with Gasteiger partial charge in [-0.15, -0.1) is 0 Å². The van der Waals surface area contributed by atoms with Gasteiger partial charge in [0.1, 0.15) is 6.54 Å². The van der Waals surface area contributed by atoms with Gasteiger partial charge >= 0.3 is 5.69 Å². The van der Waals surface area contributed by atoms with Crippen LogP contribution in [0.3, 0.4) is 0 Å². The van der Waals surface area contributed by atoms with Gasteiger partial charge in [0, 0.05) is 41.1 Å². The number of nitro benzene ring substituents is 1. The lowest BCUT2D eigenvalue weighted by Crippen LogP contribution is -3.12. The molecule has 1 amide bonds. The number of hydrogen-bond donors (Lipinski definition) is 2. The molecule has 2 aromatic rings. The van der Waals surface area contributed by atoms with Gasteiger partial charge in [0.2, 0.25) is 0 Å². The Morgan fingerprint density at radius 3 is 2.55 bits per heavy atom. The quantitative estimate of drug-likeness (QED) is 0.534. The molecule has 0 unspecified atom stereocenters. The van der Waals surface area contributed by atoms with Crippen molar-refractivity contribution in [3.63, 3.8) is 0 Å². The third-order valence-corrected chi connectivity index (χ3v) is 5.36. The van der Waals surface area contributed by atoms with E-state index in [2.05, 4.69) is 5.32 Å². The van der Waals surface area contributed by atoms with Gasteiger partial charge in [-0.1, -0.05) is 23.7 Å². The number of benzene rings is 2. The average Bonchev–Trinajstić information content (AvgIpc) is 2.71. The first-order valence-corrected chi connectivity index (χ1v) is 10.1. The summed E-state index contributed by atoms with van der Waals surface area (Å²) in [5.74, 6) is -0.115. The van der Waals surface area contributed by atoms with E-state index < -0.39 is 4.92 Å². The van der Waals surface area contributed by atoms with Crippen molar-refractivity contribution in [2.24, 2.45) is 0 Å². The molecule has 0 bridgehead atoms. The second-order valence-electron chi connectivity index (χ2n) is 7.17. The molecule has 0 spiro atoms. The average molecular weight is 419 g/mol. The highest BCUT2D eigenvalue weighted by molar-refractivity contribution is 6.30. The number of halogens is 1. The molecule has 2 aromatic carbocycles. The molecule has 0 atom stereocenters. The van der Waals surface area contributed by atoms with Crippen LogP contribution < -0.4 is 15.0 Å². The van der Waals surface area contributed by atoms with Crippen LogP contribution in [0.1, 0.15) is 35.7 Å². The molecule has 154 valence electrons. The third kappa shape index (κ3) is 5.68. The fourth-order valence-corrected chi connectivity index (χ4v) is 3.71. The normalized spacial score (nSPS) is 18.8. The molecule has 1 aliphatic rings. The van der Waals surface area contributed by atoms with Crippen LogP contribution in [0, 0.1) is 10.1 Å². The van der Waals surface area contributed by atoms with E-state index in [1.54, 1.807) is 13.0 Å². The second-order valence-corrected chi connectivity index (χ2v) is 7.61. The Morgan fingerprint density at radius 2 is 1.93 bits per heavy atom. The third-order valence-electron chi connectivity index (χ3n) is 5.11. The number of hydrogen-bond acceptors (Lipinski definition) is 4. The molecule has 2 N–H and O–H groups in total. The molecule has 1 aliphatic heterocycles. The predicted octanol–water partition coefficient (Wildman–Crippen LogP) is 2.62. The Bertz CT molecular complexity index is 865. The summed E-state index contributed by atoms with van der Waals surface area (Å²) in [7, 11) is 0. The number of quaternary nitrogens is 1. The molecule has 0 radical (unpaired) electrons. The number of likely N-dealkylation sites (tertiary alicyclic amines) is 1. The smallest absolute Gasteiger partial charge is 0.311 e. The number of carbonyl (C=O) groups is 1. The molecule has 8 heteroatoms. The number of rotatable bonds is 7. The Labute approximate surface area is 174 Å². The SMILES string of the molecule is CCOc1ccc(C(=O)NC2CC[NH+](Cc3ccc(Cl)cc3)CC2)cc1[N+](=O)[O-]. The molecule has 0 saturated carbocycles. The Hall–Kier alpha value is -2.64. The zero-order chi connectivity index (χ0) is 20.8. The maximum absolute atomic E-state index is 12.6. The molecule has 3 rings (SSSR count). The Balaban J connectivity index is 1.54. The molecule has 7 nitrogen and oxygen atoms in total. The number of nitrogens with one attached hydrogen (secondary N) is 2. The summed E-state index contributed by atoms with van der Waals surface area (Å²) in [4.78, 5) is 24.8. The van der Waals surface area contributed by atoms with Crippen molar-refractivity contribution in [1.29, 1.82) is 0 Å². The standard InChI is InChI=1S/C21H24ClN3O4/c1-2-29-20-8-5-16(13-19(20)25(27)28)21(26)23-18-9-11-24(12-10-18)14-15-3-6-17(22)7-4-15/h3-8,13,18H,2,9-12,14H2,1H3,(H,23,26)/p+1. The summed E-state index contributed by atoms with van der Waals surface area (Å²) in [5, 5.41) is 15.0. The highest BCUT2D eigenvalue weighted by Crippen LogP contribution is 2.28. The van der Waals surface area contributed by atoms with Gasteiger partial charge in [0.05, 0.1) is 24.6 Å². The molecule has 0 aliphatic carbocycles. The van der Waals surface area contributed by atoms with Crippen molar-refractivity contribution in [3.8, 4) is 5.75 Å². The van der Waals surface area contributed by atoms with Gasteiger partial charge in [-0.2, -0.15) is 0 Å². The van der Waals surface area contributed by atoms with Crippen molar-refractivity contribution < 1.29 is 19.4 Å². The van der Waals surface area contributed by atoms with Gasteiger partial charge < -0.3 is 15.0 Å². The zero-order valence-electron chi connectivity index (χ0n) is 16.3. The van der Waals surface area contributed by atoms with Crippen LogP contribution in [-0.2, 0) is 6.54 Å². The van der Waals surface area contributed by atoms with E-state index >= 15 is 0 Å². The van der Waals surface area contributed by atoms with Gasteiger partial charge in [0.15, 0.2) is 5.75 Å². The van der Waals surface area contributed by atoms with Gasteiger partial charge in [-0.05, 0) is 31.2 Å². The fraction of sp³-hybridized carbons (Fsp3) is 0.381. The van der Waals surface area contributed by atoms with Crippen LogP contribution in [0.4, 0.5) is 5.69 Å². The van der Waals surface area contributed by atoms with E-state index in [9.17, 15) is 14.9 Å². The Morgan fingerprint density at radius 1 is 1.24 bits per heavy atom. The van der Waals surface area contributed by atoms with Crippen LogP contribution in [0.5, 0.6) is 5.75 Å². The summed E-state index contributed by atoms with van der Waals surface area (Å²) < 4.78 is 5.27. The summed E-state index contributed by atoms with van der Waals surface area (Å²) in [6.45, 7) is 4.92. The van der Waals surface area contributed by atoms with Crippen molar-refractivity contribution in [3.05, 3.63) is 68.7 Å². The van der Waals surface area contributed by atoms with Crippen molar-refractivity contribution >= 4 is 23.2 Å². The zero-order valence-corrected chi connectivity index (χ0v) is 17.1. The lowest BCUT2D eigenvalue weighted by molar-refractivity contribution is -0.918. The number of ether oxygens (including phenoxy) is 1. The molecule has 0 aromatic heterocycles. The lowest BCUT2D eigenvalue weighted by Gasteiger charge is -2.29. The van der Waals surface area contributed by atoms with Gasteiger partial charge in [-0.25, -0.2) is 0 Å². The van der Waals surface area contributed by atoms with E-state index in [1.165, 1.54) is 22.6 Å². The number of carbonyl (C=O) groups excluding carboxylic acids is 1. The highest BCUT2D eigenvalue weighted by atomic mass is 35.5. The minimum absolute atomic E-state index is 0.0714. The van der Waals surface area contributed by atoms with Crippen molar-refractivity contribution in [1.82, 2.24) is 5.32 Å². The summed E-state index contributed by atoms with van der Waals surface area (Å²) in [6, 6.07) is 12.3. The Kier molecular flexibility index (Phi) is 7.06. The van der Waals surface area contributed by atoms with Crippen LogP contribution in [0.15, 0.2) is 42.5 Å². The number of nitro groups is 1. The topological polar surface area (TPSA) is 85.9 Å². The lowest BCUT2D eigenvalue weighted by atomic mass is 10.0. The minimum Gasteiger partial charge on any atom is -0.487 e. The van der Waals surface area contributed by atoms with Crippen LogP contribution in [-0.4, -0.2) is 36.6 Å². The number of nitrogens with zero attached hydrogens (tertiary/aromatic N) is 1. The maximum Gasteiger partial charge on any atom is 0.311 e. The highest BCUT2D eigenvalue weighted by Gasteiger charge is 2.25. The summed E-state index contributed by atoms with van der Waals surface area (Å²) in [5.41, 5.74) is 1.33. The van der Waals surface area contributed by atoms with E-state index in [1.807, 2.05) is 24.3 Å². The summed E-state index contributed by atoms with van der Waals surface area (Å²) >= 11 is 5.93. The molecular weight excluding hydrogens is 394 g/mol. The van der Waals surface area contributed by atoms with Gasteiger partial charge in [-0.3, -0.25) is 14.9 Å².